The van der Waals surface area contributed by atoms with E-state index in [9.17, 15) is 19.5 Å². The highest BCUT2D eigenvalue weighted by molar-refractivity contribution is 6.21. The van der Waals surface area contributed by atoms with Gasteiger partial charge in [-0.3, -0.25) is 14.5 Å². The van der Waals surface area contributed by atoms with Crippen LogP contribution in [0.2, 0.25) is 0 Å². The fourth-order valence-electron chi connectivity index (χ4n) is 1.71. The van der Waals surface area contributed by atoms with Crippen LogP contribution in [0.3, 0.4) is 0 Å². The molecule has 0 bridgehead atoms. The summed E-state index contributed by atoms with van der Waals surface area (Å²) in [6, 6.07) is 3.73. The van der Waals surface area contributed by atoms with Crippen molar-refractivity contribution in [2.45, 2.75) is 0 Å². The normalized spacial score (nSPS) is 13.8. The molecule has 0 aromatic heterocycles. The molecule has 0 saturated heterocycles. The molecule has 86 valence electrons. The zero-order valence-corrected chi connectivity index (χ0v) is 8.80. The number of carbonyl (C=O) groups excluding carboxylic acids is 3. The monoisotopic (exact) mass is 230 g/mol. The molecule has 0 N–H and O–H groups in total. The second kappa shape index (κ2) is 3.86. The summed E-state index contributed by atoms with van der Waals surface area (Å²) in [6.07, 6.45) is 1.43. The Morgan fingerprint density at radius 3 is 2.53 bits per heavy atom. The van der Waals surface area contributed by atoms with Crippen LogP contribution in [0.5, 0.6) is 0 Å². The molecule has 1 heterocycles. The second-order valence-corrected chi connectivity index (χ2v) is 3.56. The minimum absolute atomic E-state index is 0.0959. The van der Waals surface area contributed by atoms with Crippen molar-refractivity contribution in [2.24, 2.45) is 0 Å². The highest BCUT2D eigenvalue weighted by Crippen LogP contribution is 2.23. The van der Waals surface area contributed by atoms with E-state index in [4.69, 9.17) is 0 Å². The van der Waals surface area contributed by atoms with Crippen molar-refractivity contribution in [1.29, 1.82) is 0 Å². The van der Waals surface area contributed by atoms with Crippen LogP contribution in [-0.4, -0.2) is 29.2 Å². The van der Waals surface area contributed by atoms with Crippen LogP contribution in [0.4, 0.5) is 0 Å². The third-order valence-corrected chi connectivity index (χ3v) is 2.52. The number of rotatable bonds is 3. The fraction of sp³-hybridized carbons (Fsp3) is 0.0833. The van der Waals surface area contributed by atoms with E-state index in [1.807, 2.05) is 0 Å². The molecule has 0 spiro atoms. The van der Waals surface area contributed by atoms with Crippen LogP contribution < -0.4 is 5.11 Å². The molecule has 0 unspecified atom stereocenters. The largest absolute Gasteiger partial charge is 0.545 e. The molecule has 0 saturated carbocycles. The molecule has 1 aliphatic heterocycles. The third-order valence-electron chi connectivity index (χ3n) is 2.52. The number of carboxylic acid groups (broad SMARTS) is 1. The quantitative estimate of drug-likeness (QED) is 0.533. The summed E-state index contributed by atoms with van der Waals surface area (Å²) in [7, 11) is 0. The third kappa shape index (κ3) is 1.61. The van der Waals surface area contributed by atoms with Gasteiger partial charge >= 0.3 is 0 Å². The van der Waals surface area contributed by atoms with E-state index in [0.29, 0.717) is 0 Å². The van der Waals surface area contributed by atoms with Gasteiger partial charge in [0.25, 0.3) is 11.8 Å². The summed E-state index contributed by atoms with van der Waals surface area (Å²) in [4.78, 5) is 35.3. The molecule has 0 fully saturated rings. The molecular formula is C12H8NO4-. The Bertz CT molecular complexity index is 547. The van der Waals surface area contributed by atoms with Crippen LogP contribution >= 0.6 is 0 Å². The Balaban J connectivity index is 2.50. The molecule has 0 atom stereocenters. The van der Waals surface area contributed by atoms with E-state index in [0.717, 1.165) is 11.0 Å². The predicted molar refractivity (Wildman–Crippen MR) is 56.3 cm³/mol. The van der Waals surface area contributed by atoms with E-state index >= 15 is 0 Å². The van der Waals surface area contributed by atoms with E-state index in [-0.39, 0.29) is 23.2 Å². The lowest BCUT2D eigenvalue weighted by Crippen LogP contribution is -2.29. The highest BCUT2D eigenvalue weighted by atomic mass is 16.4. The van der Waals surface area contributed by atoms with Crippen molar-refractivity contribution in [3.63, 3.8) is 0 Å². The number of carbonyl (C=O) groups is 3. The molecule has 5 heteroatoms. The smallest absolute Gasteiger partial charge is 0.261 e. The molecule has 1 aliphatic rings. The molecule has 2 amide bonds. The molecular weight excluding hydrogens is 222 g/mol. The van der Waals surface area contributed by atoms with Crippen LogP contribution in [0, 0.1) is 0 Å². The Morgan fingerprint density at radius 1 is 1.29 bits per heavy atom. The standard InChI is InChI=1S/C12H9NO4/c1-2-5-13-10(14)8-4-3-7(12(16)17)6-9(8)11(13)15/h2-4,6H,1,5H2,(H,16,17)/p-1. The first-order valence-corrected chi connectivity index (χ1v) is 4.88. The zero-order chi connectivity index (χ0) is 12.6. The molecule has 1 aromatic carbocycles. The second-order valence-electron chi connectivity index (χ2n) is 3.56. The summed E-state index contributed by atoms with van der Waals surface area (Å²) in [5.41, 5.74) is 0.186. The number of benzene rings is 1. The molecule has 1 aromatic rings. The minimum Gasteiger partial charge on any atom is -0.545 e. The number of imide groups is 1. The first-order valence-electron chi connectivity index (χ1n) is 4.88. The van der Waals surface area contributed by atoms with Crippen molar-refractivity contribution < 1.29 is 19.5 Å². The van der Waals surface area contributed by atoms with Gasteiger partial charge in [0.05, 0.1) is 17.1 Å². The maximum Gasteiger partial charge on any atom is 0.261 e. The van der Waals surface area contributed by atoms with Crippen molar-refractivity contribution in [3.8, 4) is 0 Å². The Hall–Kier alpha value is -2.43. The molecule has 0 radical (unpaired) electrons. The zero-order valence-electron chi connectivity index (χ0n) is 8.80. The van der Waals surface area contributed by atoms with Gasteiger partial charge < -0.3 is 9.90 Å². The molecule has 5 nitrogen and oxygen atoms in total. The van der Waals surface area contributed by atoms with Gasteiger partial charge in [-0.15, -0.1) is 6.58 Å². The summed E-state index contributed by atoms with van der Waals surface area (Å²) >= 11 is 0. The topological polar surface area (TPSA) is 77.5 Å². The first kappa shape index (κ1) is 11.1. The average Bonchev–Trinajstić information content (AvgIpc) is 2.54. The first-order chi connectivity index (χ1) is 8.06. The maximum atomic E-state index is 11.8. The number of hydrogen-bond donors (Lipinski definition) is 0. The van der Waals surface area contributed by atoms with Crippen LogP contribution in [-0.2, 0) is 0 Å². The highest BCUT2D eigenvalue weighted by Gasteiger charge is 2.34. The van der Waals surface area contributed by atoms with Gasteiger partial charge in [-0.1, -0.05) is 12.1 Å². The lowest BCUT2D eigenvalue weighted by molar-refractivity contribution is -0.255. The van der Waals surface area contributed by atoms with E-state index in [1.54, 1.807) is 0 Å². The van der Waals surface area contributed by atoms with Gasteiger partial charge in [0.15, 0.2) is 0 Å². The van der Waals surface area contributed by atoms with Gasteiger partial charge in [0.1, 0.15) is 0 Å². The average molecular weight is 230 g/mol. The number of amides is 2. The minimum atomic E-state index is -1.38. The lowest BCUT2D eigenvalue weighted by atomic mass is 10.1. The fourth-order valence-corrected chi connectivity index (χ4v) is 1.71. The van der Waals surface area contributed by atoms with Crippen molar-refractivity contribution in [3.05, 3.63) is 47.5 Å². The van der Waals surface area contributed by atoms with Crippen LogP contribution in [0.15, 0.2) is 30.9 Å². The Labute approximate surface area is 97.0 Å². The van der Waals surface area contributed by atoms with Crippen LogP contribution in [0.1, 0.15) is 31.1 Å². The number of nitrogens with zero attached hydrogens (tertiary/aromatic N) is 1. The van der Waals surface area contributed by atoms with Crippen molar-refractivity contribution in [2.75, 3.05) is 6.54 Å². The SMILES string of the molecule is C=CCN1C(=O)c2ccc(C(=O)[O-])cc2C1=O. The van der Waals surface area contributed by atoms with Crippen molar-refractivity contribution >= 4 is 17.8 Å². The predicted octanol–water partition coefficient (Wildman–Crippen LogP) is -0.168. The Morgan fingerprint density at radius 2 is 1.94 bits per heavy atom. The summed E-state index contributed by atoms with van der Waals surface area (Å²) < 4.78 is 0. The Kier molecular flexibility index (Phi) is 2.51. The maximum absolute atomic E-state index is 11.8. The molecule has 17 heavy (non-hydrogen) atoms. The van der Waals surface area contributed by atoms with E-state index in [2.05, 4.69) is 6.58 Å². The van der Waals surface area contributed by atoms with Gasteiger partial charge in [-0.25, -0.2) is 0 Å². The van der Waals surface area contributed by atoms with Gasteiger partial charge in [0, 0.05) is 6.54 Å². The van der Waals surface area contributed by atoms with Crippen LogP contribution in [0.25, 0.3) is 0 Å². The van der Waals surface area contributed by atoms with E-state index in [1.165, 1.54) is 18.2 Å². The summed E-state index contributed by atoms with van der Waals surface area (Å²) in [5.74, 6) is -2.32. The van der Waals surface area contributed by atoms with Crippen molar-refractivity contribution in [1.82, 2.24) is 4.90 Å². The van der Waals surface area contributed by atoms with Gasteiger partial charge in [0.2, 0.25) is 0 Å². The van der Waals surface area contributed by atoms with Gasteiger partial charge in [-0.05, 0) is 17.7 Å². The lowest BCUT2D eigenvalue weighted by Gasteiger charge is -2.09. The molecule has 2 rings (SSSR count). The number of hydrogen-bond acceptors (Lipinski definition) is 4. The van der Waals surface area contributed by atoms with Gasteiger partial charge in [-0.2, -0.15) is 0 Å². The number of fused-ring (bicyclic) bond motifs is 1. The summed E-state index contributed by atoms with van der Waals surface area (Å²) in [5, 5.41) is 10.7. The summed E-state index contributed by atoms with van der Waals surface area (Å²) in [6.45, 7) is 3.56. The van der Waals surface area contributed by atoms with E-state index < -0.39 is 17.8 Å². The molecule has 0 aliphatic carbocycles. The number of carboxylic acids is 1. The number of aromatic carboxylic acids is 1.